The molecule has 5 nitrogen and oxygen atoms in total. The molecule has 0 bridgehead atoms. The standard InChI is InChI=1S/C22H21FN2O3/c1-13-10-14(2)21(15(3)11-13)25-20(26)12-24-22(27)19-9-8-18(28-19)16-6-4-5-7-17(16)23/h4-11H,12H2,1-3H3,(H,24,27)(H,25,26). The van der Waals surface area contributed by atoms with Crippen molar-refractivity contribution in [1.82, 2.24) is 5.32 Å². The zero-order chi connectivity index (χ0) is 20.3. The van der Waals surface area contributed by atoms with Gasteiger partial charge >= 0.3 is 0 Å². The maximum absolute atomic E-state index is 13.8. The normalized spacial score (nSPS) is 10.6. The number of amides is 2. The third-order valence-corrected chi connectivity index (χ3v) is 4.32. The van der Waals surface area contributed by atoms with Crippen molar-refractivity contribution in [2.24, 2.45) is 0 Å². The van der Waals surface area contributed by atoms with E-state index in [9.17, 15) is 14.0 Å². The quantitative estimate of drug-likeness (QED) is 0.690. The molecule has 0 spiro atoms. The Labute approximate surface area is 162 Å². The van der Waals surface area contributed by atoms with Gasteiger partial charge in [-0.3, -0.25) is 9.59 Å². The molecule has 0 aliphatic rings. The maximum atomic E-state index is 13.8. The van der Waals surface area contributed by atoms with Crippen LogP contribution in [0, 0.1) is 26.6 Å². The summed E-state index contributed by atoms with van der Waals surface area (Å²) in [5, 5.41) is 5.33. The van der Waals surface area contributed by atoms with Gasteiger partial charge in [0.05, 0.1) is 12.1 Å². The van der Waals surface area contributed by atoms with Gasteiger partial charge in [0.15, 0.2) is 5.76 Å². The molecule has 2 aromatic carbocycles. The third kappa shape index (κ3) is 4.28. The van der Waals surface area contributed by atoms with Crippen LogP contribution < -0.4 is 10.6 Å². The molecule has 0 saturated carbocycles. The molecule has 0 aliphatic heterocycles. The Kier molecular flexibility index (Phi) is 5.59. The molecule has 1 aromatic heterocycles. The number of hydrogen-bond acceptors (Lipinski definition) is 3. The Morgan fingerprint density at radius 3 is 2.36 bits per heavy atom. The molecule has 0 aliphatic carbocycles. The lowest BCUT2D eigenvalue weighted by molar-refractivity contribution is -0.115. The lowest BCUT2D eigenvalue weighted by Crippen LogP contribution is -2.33. The number of halogens is 1. The Bertz CT molecular complexity index is 1020. The van der Waals surface area contributed by atoms with E-state index < -0.39 is 11.7 Å². The lowest BCUT2D eigenvalue weighted by atomic mass is 10.1. The van der Waals surface area contributed by atoms with E-state index in [4.69, 9.17) is 4.42 Å². The van der Waals surface area contributed by atoms with Crippen LogP contribution in [0.1, 0.15) is 27.2 Å². The fourth-order valence-electron chi connectivity index (χ4n) is 3.07. The fourth-order valence-corrected chi connectivity index (χ4v) is 3.07. The van der Waals surface area contributed by atoms with Crippen LogP contribution in [-0.2, 0) is 4.79 Å². The van der Waals surface area contributed by atoms with Gasteiger partial charge in [0.25, 0.3) is 5.91 Å². The molecule has 6 heteroatoms. The lowest BCUT2D eigenvalue weighted by Gasteiger charge is -2.13. The number of nitrogens with one attached hydrogen (secondary N) is 2. The molecule has 28 heavy (non-hydrogen) atoms. The van der Waals surface area contributed by atoms with Gasteiger partial charge in [0, 0.05) is 5.69 Å². The summed E-state index contributed by atoms with van der Waals surface area (Å²) in [5.41, 5.74) is 4.04. The first-order chi connectivity index (χ1) is 13.3. The van der Waals surface area contributed by atoms with E-state index in [2.05, 4.69) is 10.6 Å². The summed E-state index contributed by atoms with van der Waals surface area (Å²) < 4.78 is 19.3. The monoisotopic (exact) mass is 380 g/mol. The highest BCUT2D eigenvalue weighted by atomic mass is 19.1. The van der Waals surface area contributed by atoms with Crippen LogP contribution in [0.3, 0.4) is 0 Å². The Morgan fingerprint density at radius 1 is 1.00 bits per heavy atom. The van der Waals surface area contributed by atoms with Gasteiger partial charge in [0.2, 0.25) is 5.91 Å². The molecular formula is C22H21FN2O3. The number of furan rings is 1. The van der Waals surface area contributed by atoms with E-state index in [0.29, 0.717) is 0 Å². The van der Waals surface area contributed by atoms with Gasteiger partial charge in [-0.1, -0.05) is 29.8 Å². The number of aryl methyl sites for hydroxylation is 3. The Morgan fingerprint density at radius 2 is 1.68 bits per heavy atom. The molecule has 3 rings (SSSR count). The molecule has 1 heterocycles. The topological polar surface area (TPSA) is 71.3 Å². The van der Waals surface area contributed by atoms with Crippen LogP contribution in [0.5, 0.6) is 0 Å². The van der Waals surface area contributed by atoms with E-state index in [1.807, 2.05) is 32.9 Å². The minimum Gasteiger partial charge on any atom is -0.451 e. The second-order valence-corrected chi connectivity index (χ2v) is 6.65. The van der Waals surface area contributed by atoms with Crippen LogP contribution in [0.2, 0.25) is 0 Å². The van der Waals surface area contributed by atoms with Crippen molar-refractivity contribution >= 4 is 17.5 Å². The van der Waals surface area contributed by atoms with E-state index in [0.717, 1.165) is 22.4 Å². The van der Waals surface area contributed by atoms with Gasteiger partial charge in [-0.05, 0) is 56.2 Å². The Balaban J connectivity index is 1.62. The van der Waals surface area contributed by atoms with Crippen LogP contribution in [0.15, 0.2) is 52.9 Å². The van der Waals surface area contributed by atoms with Gasteiger partial charge in [-0.25, -0.2) is 4.39 Å². The number of carbonyl (C=O) groups is 2. The SMILES string of the molecule is Cc1cc(C)c(NC(=O)CNC(=O)c2ccc(-c3ccccc3F)o2)c(C)c1. The van der Waals surface area contributed by atoms with Crippen molar-refractivity contribution in [2.75, 3.05) is 11.9 Å². The first kappa shape index (κ1) is 19.4. The second kappa shape index (κ2) is 8.08. The molecule has 2 N–H and O–H groups in total. The van der Waals surface area contributed by atoms with Crippen LogP contribution in [-0.4, -0.2) is 18.4 Å². The average molecular weight is 380 g/mol. The van der Waals surface area contributed by atoms with Crippen molar-refractivity contribution in [1.29, 1.82) is 0 Å². The fraction of sp³-hybridized carbons (Fsp3) is 0.182. The zero-order valence-electron chi connectivity index (χ0n) is 15.9. The van der Waals surface area contributed by atoms with Crippen molar-refractivity contribution in [3.05, 3.63) is 76.8 Å². The predicted molar refractivity (Wildman–Crippen MR) is 106 cm³/mol. The minimum atomic E-state index is -0.546. The maximum Gasteiger partial charge on any atom is 0.287 e. The van der Waals surface area contributed by atoms with Crippen molar-refractivity contribution in [2.45, 2.75) is 20.8 Å². The minimum absolute atomic E-state index is 0.00810. The van der Waals surface area contributed by atoms with Crippen molar-refractivity contribution in [3.8, 4) is 11.3 Å². The molecule has 2 amide bonds. The summed E-state index contributed by atoms with van der Waals surface area (Å²) >= 11 is 0. The molecule has 0 fully saturated rings. The summed E-state index contributed by atoms with van der Waals surface area (Å²) in [4.78, 5) is 24.4. The smallest absolute Gasteiger partial charge is 0.287 e. The second-order valence-electron chi connectivity index (χ2n) is 6.65. The van der Waals surface area contributed by atoms with Gasteiger partial charge in [-0.15, -0.1) is 0 Å². The molecule has 144 valence electrons. The van der Waals surface area contributed by atoms with Crippen LogP contribution >= 0.6 is 0 Å². The summed E-state index contributed by atoms with van der Waals surface area (Å²) in [6.07, 6.45) is 0. The molecule has 0 saturated heterocycles. The number of rotatable bonds is 5. The predicted octanol–water partition coefficient (Wildman–Crippen LogP) is 4.38. The third-order valence-electron chi connectivity index (χ3n) is 4.32. The van der Waals surface area contributed by atoms with E-state index >= 15 is 0 Å². The van der Waals surface area contributed by atoms with E-state index in [1.54, 1.807) is 18.2 Å². The van der Waals surface area contributed by atoms with E-state index in [-0.39, 0.29) is 29.5 Å². The number of benzene rings is 2. The van der Waals surface area contributed by atoms with E-state index in [1.165, 1.54) is 18.2 Å². The molecule has 0 unspecified atom stereocenters. The molecule has 0 radical (unpaired) electrons. The Hall–Kier alpha value is -3.41. The highest BCUT2D eigenvalue weighted by molar-refractivity contribution is 5.99. The van der Waals surface area contributed by atoms with Crippen LogP contribution in [0.4, 0.5) is 10.1 Å². The van der Waals surface area contributed by atoms with Crippen molar-refractivity contribution < 1.29 is 18.4 Å². The van der Waals surface area contributed by atoms with Gasteiger partial charge in [-0.2, -0.15) is 0 Å². The summed E-state index contributed by atoms with van der Waals surface area (Å²) in [6, 6.07) is 13.1. The number of anilines is 1. The molecule has 3 aromatic rings. The van der Waals surface area contributed by atoms with Gasteiger partial charge < -0.3 is 15.1 Å². The average Bonchev–Trinajstić information content (AvgIpc) is 3.13. The summed E-state index contributed by atoms with van der Waals surface area (Å²) in [6.45, 7) is 5.62. The van der Waals surface area contributed by atoms with Gasteiger partial charge in [0.1, 0.15) is 11.6 Å². The van der Waals surface area contributed by atoms with Crippen LogP contribution in [0.25, 0.3) is 11.3 Å². The highest BCUT2D eigenvalue weighted by Gasteiger charge is 2.15. The molecular weight excluding hydrogens is 359 g/mol. The summed E-state index contributed by atoms with van der Waals surface area (Å²) in [7, 11) is 0. The summed E-state index contributed by atoms with van der Waals surface area (Å²) in [5.74, 6) is -1.07. The molecule has 0 atom stereocenters. The largest absolute Gasteiger partial charge is 0.451 e. The number of hydrogen-bond donors (Lipinski definition) is 2. The highest BCUT2D eigenvalue weighted by Crippen LogP contribution is 2.25. The first-order valence-electron chi connectivity index (χ1n) is 8.86. The zero-order valence-corrected chi connectivity index (χ0v) is 15.9. The first-order valence-corrected chi connectivity index (χ1v) is 8.86. The van der Waals surface area contributed by atoms with Crippen molar-refractivity contribution in [3.63, 3.8) is 0 Å². The number of carbonyl (C=O) groups excluding carboxylic acids is 2.